The van der Waals surface area contributed by atoms with Gasteiger partial charge in [-0.2, -0.15) is 0 Å². The summed E-state index contributed by atoms with van der Waals surface area (Å²) in [7, 11) is 2.16. The van der Waals surface area contributed by atoms with Gasteiger partial charge in [0.25, 0.3) is 0 Å². The maximum atomic E-state index is 5.78. The average molecular weight is 233 g/mol. The van der Waals surface area contributed by atoms with Crippen LogP contribution in [0.5, 0.6) is 0 Å². The summed E-state index contributed by atoms with van der Waals surface area (Å²) in [6.07, 6.45) is 10.2. The van der Waals surface area contributed by atoms with E-state index in [0.29, 0.717) is 6.04 Å². The van der Waals surface area contributed by atoms with Crippen LogP contribution in [0.1, 0.15) is 39.0 Å². The Balaban J connectivity index is 1.99. The highest BCUT2D eigenvalue weighted by Crippen LogP contribution is 2.31. The molecule has 0 saturated heterocycles. The fourth-order valence-electron chi connectivity index (χ4n) is 2.79. The Morgan fingerprint density at radius 1 is 1.29 bits per heavy atom. The number of nitrogens with zero attached hydrogens (tertiary/aromatic N) is 2. The van der Waals surface area contributed by atoms with Crippen molar-refractivity contribution in [2.45, 2.75) is 45.1 Å². The van der Waals surface area contributed by atoms with Gasteiger partial charge in [-0.05, 0) is 37.7 Å². The van der Waals surface area contributed by atoms with E-state index >= 15 is 0 Å². The van der Waals surface area contributed by atoms with E-state index in [2.05, 4.69) is 23.9 Å². The summed E-state index contributed by atoms with van der Waals surface area (Å²) in [5.74, 6) is 0.943. The number of rotatable bonds is 3. The lowest BCUT2D eigenvalue weighted by atomic mass is 9.84. The first-order chi connectivity index (χ1) is 8.20. The summed E-state index contributed by atoms with van der Waals surface area (Å²) >= 11 is 0. The summed E-state index contributed by atoms with van der Waals surface area (Å²) in [6.45, 7) is 2.30. The second-order valence-electron chi connectivity index (χ2n) is 5.17. The number of anilines is 2. The highest BCUT2D eigenvalue weighted by atomic mass is 15.1. The van der Waals surface area contributed by atoms with Crippen molar-refractivity contribution in [2.75, 3.05) is 17.7 Å². The van der Waals surface area contributed by atoms with Crippen molar-refractivity contribution in [3.8, 4) is 0 Å². The first-order valence-electron chi connectivity index (χ1n) is 6.64. The molecule has 2 rings (SSSR count). The van der Waals surface area contributed by atoms with Gasteiger partial charge in [0.1, 0.15) is 0 Å². The maximum absolute atomic E-state index is 5.78. The minimum atomic E-state index is 0.654. The zero-order valence-electron chi connectivity index (χ0n) is 10.9. The van der Waals surface area contributed by atoms with Gasteiger partial charge in [0, 0.05) is 19.3 Å². The number of aromatic nitrogens is 1. The van der Waals surface area contributed by atoms with E-state index in [9.17, 15) is 0 Å². The van der Waals surface area contributed by atoms with Crippen LogP contribution in [-0.4, -0.2) is 18.1 Å². The number of nitrogen functional groups attached to an aromatic ring is 1. The van der Waals surface area contributed by atoms with E-state index in [4.69, 9.17) is 5.73 Å². The van der Waals surface area contributed by atoms with E-state index in [1.807, 2.05) is 12.3 Å². The Bertz CT molecular complexity index is 356. The molecule has 0 unspecified atom stereocenters. The molecule has 94 valence electrons. The zero-order chi connectivity index (χ0) is 12.3. The number of hydrogen-bond acceptors (Lipinski definition) is 3. The summed E-state index contributed by atoms with van der Waals surface area (Å²) < 4.78 is 0. The molecule has 0 radical (unpaired) electrons. The van der Waals surface area contributed by atoms with Gasteiger partial charge >= 0.3 is 0 Å². The molecule has 0 atom stereocenters. The van der Waals surface area contributed by atoms with Gasteiger partial charge in [0.2, 0.25) is 0 Å². The third kappa shape index (κ3) is 2.90. The Morgan fingerprint density at radius 2 is 2.00 bits per heavy atom. The molecule has 0 spiro atoms. The molecule has 0 aromatic carbocycles. The lowest BCUT2D eigenvalue weighted by Gasteiger charge is -2.35. The molecule has 1 saturated carbocycles. The average Bonchev–Trinajstić information content (AvgIpc) is 2.38. The smallest absolute Gasteiger partial charge is 0.0573 e. The molecule has 0 bridgehead atoms. The van der Waals surface area contributed by atoms with E-state index in [1.165, 1.54) is 32.1 Å². The van der Waals surface area contributed by atoms with Crippen molar-refractivity contribution >= 4 is 11.4 Å². The standard InChI is InChI=1S/C14H23N3/c1-3-11-4-6-13(7-5-11)17(2)14-8-12(15)9-16-10-14/h8-11,13H,3-7,15H2,1-2H3. The van der Waals surface area contributed by atoms with Crippen molar-refractivity contribution in [1.82, 2.24) is 4.98 Å². The van der Waals surface area contributed by atoms with Crippen molar-refractivity contribution < 1.29 is 0 Å². The van der Waals surface area contributed by atoms with E-state index in [1.54, 1.807) is 6.20 Å². The van der Waals surface area contributed by atoms with Crippen LogP contribution in [0.25, 0.3) is 0 Å². The molecule has 17 heavy (non-hydrogen) atoms. The Morgan fingerprint density at radius 3 is 2.59 bits per heavy atom. The molecule has 1 fully saturated rings. The minimum Gasteiger partial charge on any atom is -0.397 e. The molecule has 1 aromatic heterocycles. The minimum absolute atomic E-state index is 0.654. The summed E-state index contributed by atoms with van der Waals surface area (Å²) in [5, 5.41) is 0. The molecule has 2 N–H and O–H groups in total. The number of pyridine rings is 1. The second-order valence-corrected chi connectivity index (χ2v) is 5.17. The van der Waals surface area contributed by atoms with Gasteiger partial charge < -0.3 is 10.6 Å². The van der Waals surface area contributed by atoms with Crippen molar-refractivity contribution in [2.24, 2.45) is 5.92 Å². The predicted octanol–water partition coefficient (Wildman–Crippen LogP) is 3.07. The lowest BCUT2D eigenvalue weighted by Crippen LogP contribution is -2.35. The van der Waals surface area contributed by atoms with Gasteiger partial charge in [-0.25, -0.2) is 0 Å². The van der Waals surface area contributed by atoms with Crippen LogP contribution in [0.3, 0.4) is 0 Å². The molecule has 1 aliphatic rings. The fourth-order valence-corrected chi connectivity index (χ4v) is 2.79. The van der Waals surface area contributed by atoms with Crippen LogP contribution in [0.2, 0.25) is 0 Å². The van der Waals surface area contributed by atoms with E-state index in [-0.39, 0.29) is 0 Å². The summed E-state index contributed by atoms with van der Waals surface area (Å²) in [4.78, 5) is 6.51. The number of nitrogens with two attached hydrogens (primary N) is 1. The van der Waals surface area contributed by atoms with Crippen LogP contribution in [-0.2, 0) is 0 Å². The van der Waals surface area contributed by atoms with Crippen LogP contribution in [0.15, 0.2) is 18.5 Å². The van der Waals surface area contributed by atoms with Gasteiger partial charge in [0.05, 0.1) is 17.6 Å². The SMILES string of the molecule is CCC1CCC(N(C)c2cncc(N)c2)CC1. The van der Waals surface area contributed by atoms with Crippen LogP contribution in [0.4, 0.5) is 11.4 Å². The quantitative estimate of drug-likeness (QED) is 0.872. The second kappa shape index (κ2) is 5.39. The molecule has 3 heteroatoms. The molecule has 1 aliphatic carbocycles. The Labute approximate surface area is 104 Å². The van der Waals surface area contributed by atoms with Gasteiger partial charge in [0.15, 0.2) is 0 Å². The predicted molar refractivity (Wildman–Crippen MR) is 73.1 cm³/mol. The topological polar surface area (TPSA) is 42.2 Å². The normalized spacial score (nSPS) is 24.6. The Kier molecular flexibility index (Phi) is 3.87. The molecule has 1 aromatic rings. The maximum Gasteiger partial charge on any atom is 0.0573 e. The monoisotopic (exact) mass is 233 g/mol. The number of hydrogen-bond donors (Lipinski definition) is 1. The van der Waals surface area contributed by atoms with E-state index in [0.717, 1.165) is 17.3 Å². The van der Waals surface area contributed by atoms with Crippen LogP contribution in [0, 0.1) is 5.92 Å². The van der Waals surface area contributed by atoms with Gasteiger partial charge in [-0.1, -0.05) is 13.3 Å². The molecule has 0 amide bonds. The Hall–Kier alpha value is -1.25. The van der Waals surface area contributed by atoms with Crippen molar-refractivity contribution in [3.05, 3.63) is 18.5 Å². The third-order valence-electron chi connectivity index (χ3n) is 4.09. The van der Waals surface area contributed by atoms with Gasteiger partial charge in [-0.3, -0.25) is 4.98 Å². The summed E-state index contributed by atoms with van der Waals surface area (Å²) in [6, 6.07) is 2.67. The lowest BCUT2D eigenvalue weighted by molar-refractivity contribution is 0.313. The van der Waals surface area contributed by atoms with Crippen molar-refractivity contribution in [3.63, 3.8) is 0 Å². The van der Waals surface area contributed by atoms with E-state index < -0.39 is 0 Å². The zero-order valence-corrected chi connectivity index (χ0v) is 10.9. The van der Waals surface area contributed by atoms with Gasteiger partial charge in [-0.15, -0.1) is 0 Å². The van der Waals surface area contributed by atoms with Crippen LogP contribution < -0.4 is 10.6 Å². The summed E-state index contributed by atoms with van der Waals surface area (Å²) in [5.41, 5.74) is 7.67. The fraction of sp³-hybridized carbons (Fsp3) is 0.643. The highest BCUT2D eigenvalue weighted by molar-refractivity contribution is 5.53. The first-order valence-corrected chi connectivity index (χ1v) is 6.64. The first kappa shape index (κ1) is 12.2. The third-order valence-corrected chi connectivity index (χ3v) is 4.09. The van der Waals surface area contributed by atoms with Crippen LogP contribution >= 0.6 is 0 Å². The largest absolute Gasteiger partial charge is 0.397 e. The molecule has 3 nitrogen and oxygen atoms in total. The highest BCUT2D eigenvalue weighted by Gasteiger charge is 2.23. The molecule has 0 aliphatic heterocycles. The molecule has 1 heterocycles. The van der Waals surface area contributed by atoms with Crippen molar-refractivity contribution in [1.29, 1.82) is 0 Å². The molecular weight excluding hydrogens is 210 g/mol. The molecular formula is C14H23N3.